The largest absolute Gasteiger partial charge is 0.385 e. The number of nitrogens with one attached hydrogen (secondary N) is 1. The standard InChI is InChI=1S/C14H17N3O3/c1-20-7-6-14(4-5-14)10-16-12-3-2-11(9-15)13(8-12)17(18)19/h2-3,8,16H,4-7,10H2,1H3. The fourth-order valence-electron chi connectivity index (χ4n) is 2.19. The van der Waals surface area contributed by atoms with Crippen LogP contribution in [0.2, 0.25) is 0 Å². The van der Waals surface area contributed by atoms with E-state index in [0.717, 1.165) is 32.4 Å². The molecule has 0 spiro atoms. The van der Waals surface area contributed by atoms with Gasteiger partial charge < -0.3 is 10.1 Å². The lowest BCUT2D eigenvalue weighted by Crippen LogP contribution is -2.17. The molecule has 0 bridgehead atoms. The zero-order chi connectivity index (χ0) is 14.6. The molecule has 0 heterocycles. The van der Waals surface area contributed by atoms with Crippen LogP contribution < -0.4 is 5.32 Å². The van der Waals surface area contributed by atoms with Crippen molar-refractivity contribution in [3.05, 3.63) is 33.9 Å². The molecule has 2 rings (SSSR count). The molecule has 1 aromatic carbocycles. The molecule has 0 aromatic heterocycles. The summed E-state index contributed by atoms with van der Waals surface area (Å²) in [7, 11) is 1.69. The van der Waals surface area contributed by atoms with Crippen LogP contribution in [-0.4, -0.2) is 25.2 Å². The molecule has 1 aliphatic carbocycles. The third-order valence-corrected chi connectivity index (χ3v) is 3.78. The van der Waals surface area contributed by atoms with Crippen molar-refractivity contribution in [2.45, 2.75) is 19.3 Å². The van der Waals surface area contributed by atoms with Crippen LogP contribution in [0, 0.1) is 26.9 Å². The first-order valence-corrected chi connectivity index (χ1v) is 6.52. The molecule has 1 aliphatic rings. The fourth-order valence-corrected chi connectivity index (χ4v) is 2.19. The van der Waals surface area contributed by atoms with Gasteiger partial charge in [0.1, 0.15) is 11.6 Å². The van der Waals surface area contributed by atoms with Crippen LogP contribution in [0.15, 0.2) is 18.2 Å². The van der Waals surface area contributed by atoms with Crippen LogP contribution in [0.1, 0.15) is 24.8 Å². The Bertz CT molecular complexity index is 547. The van der Waals surface area contributed by atoms with Crippen molar-refractivity contribution in [2.75, 3.05) is 25.6 Å². The highest BCUT2D eigenvalue weighted by Gasteiger charge is 2.41. The van der Waals surface area contributed by atoms with Gasteiger partial charge in [-0.1, -0.05) is 0 Å². The van der Waals surface area contributed by atoms with E-state index in [-0.39, 0.29) is 16.7 Å². The zero-order valence-corrected chi connectivity index (χ0v) is 11.4. The van der Waals surface area contributed by atoms with Gasteiger partial charge in [-0.2, -0.15) is 5.26 Å². The second kappa shape index (κ2) is 5.88. The van der Waals surface area contributed by atoms with Gasteiger partial charge in [0.05, 0.1) is 4.92 Å². The fraction of sp³-hybridized carbons (Fsp3) is 0.500. The molecular formula is C14H17N3O3. The molecule has 1 fully saturated rings. The summed E-state index contributed by atoms with van der Waals surface area (Å²) in [5, 5.41) is 23.0. The van der Waals surface area contributed by atoms with Gasteiger partial charge in [0.25, 0.3) is 5.69 Å². The molecule has 1 saturated carbocycles. The maximum Gasteiger partial charge on any atom is 0.289 e. The van der Waals surface area contributed by atoms with Gasteiger partial charge in [-0.25, -0.2) is 0 Å². The summed E-state index contributed by atoms with van der Waals surface area (Å²) in [6.07, 6.45) is 3.30. The van der Waals surface area contributed by atoms with Crippen molar-refractivity contribution >= 4 is 11.4 Å². The lowest BCUT2D eigenvalue weighted by Gasteiger charge is -2.16. The highest BCUT2D eigenvalue weighted by molar-refractivity contribution is 5.59. The molecule has 0 radical (unpaired) electrons. The lowest BCUT2D eigenvalue weighted by molar-refractivity contribution is -0.385. The minimum absolute atomic E-state index is 0.0843. The Morgan fingerprint density at radius 1 is 1.55 bits per heavy atom. The Labute approximate surface area is 117 Å². The highest BCUT2D eigenvalue weighted by atomic mass is 16.6. The maximum absolute atomic E-state index is 10.9. The average Bonchev–Trinajstić information content (AvgIpc) is 3.23. The monoisotopic (exact) mass is 275 g/mol. The molecule has 6 nitrogen and oxygen atoms in total. The summed E-state index contributed by atoms with van der Waals surface area (Å²) in [6, 6.07) is 6.44. The predicted octanol–water partition coefficient (Wildman–Crippen LogP) is 2.70. The second-order valence-corrected chi connectivity index (χ2v) is 5.20. The Morgan fingerprint density at radius 3 is 2.85 bits per heavy atom. The number of benzene rings is 1. The van der Waals surface area contributed by atoms with E-state index in [9.17, 15) is 10.1 Å². The summed E-state index contributed by atoms with van der Waals surface area (Å²) < 4.78 is 5.10. The SMILES string of the molecule is COCCC1(CNc2ccc(C#N)c([N+](=O)[O-])c2)CC1. The van der Waals surface area contributed by atoms with Crippen LogP contribution in [0.3, 0.4) is 0 Å². The van der Waals surface area contributed by atoms with Crippen LogP contribution in [-0.2, 0) is 4.74 Å². The Kier molecular flexibility index (Phi) is 4.20. The van der Waals surface area contributed by atoms with Crippen LogP contribution in [0.5, 0.6) is 0 Å². The Morgan fingerprint density at radius 2 is 2.30 bits per heavy atom. The highest BCUT2D eigenvalue weighted by Crippen LogP contribution is 2.48. The number of ether oxygens (including phenoxy) is 1. The predicted molar refractivity (Wildman–Crippen MR) is 74.5 cm³/mol. The lowest BCUT2D eigenvalue weighted by atomic mass is 10.0. The van der Waals surface area contributed by atoms with Gasteiger partial charge in [-0.3, -0.25) is 10.1 Å². The third kappa shape index (κ3) is 3.25. The number of anilines is 1. The van der Waals surface area contributed by atoms with E-state index in [1.807, 2.05) is 6.07 Å². The van der Waals surface area contributed by atoms with Crippen molar-refractivity contribution in [2.24, 2.45) is 5.41 Å². The van der Waals surface area contributed by atoms with Gasteiger partial charge in [0, 0.05) is 32.0 Å². The van der Waals surface area contributed by atoms with E-state index >= 15 is 0 Å². The normalized spacial score (nSPS) is 15.4. The molecule has 106 valence electrons. The molecular weight excluding hydrogens is 258 g/mol. The van der Waals surface area contributed by atoms with E-state index in [1.165, 1.54) is 12.1 Å². The molecule has 0 saturated heterocycles. The third-order valence-electron chi connectivity index (χ3n) is 3.78. The van der Waals surface area contributed by atoms with E-state index in [2.05, 4.69) is 5.32 Å². The number of nitro benzene ring substituents is 1. The van der Waals surface area contributed by atoms with E-state index < -0.39 is 4.92 Å². The molecule has 1 aromatic rings. The van der Waals surface area contributed by atoms with Gasteiger partial charge in [0.2, 0.25) is 0 Å². The molecule has 1 N–H and O–H groups in total. The summed E-state index contributed by atoms with van der Waals surface area (Å²) in [5.74, 6) is 0. The second-order valence-electron chi connectivity index (χ2n) is 5.20. The first-order chi connectivity index (χ1) is 9.60. The smallest absolute Gasteiger partial charge is 0.289 e. The first-order valence-electron chi connectivity index (χ1n) is 6.52. The number of rotatable bonds is 7. The zero-order valence-electron chi connectivity index (χ0n) is 11.4. The topological polar surface area (TPSA) is 88.2 Å². The summed E-state index contributed by atoms with van der Waals surface area (Å²) in [4.78, 5) is 10.4. The van der Waals surface area contributed by atoms with Crippen molar-refractivity contribution in [1.29, 1.82) is 5.26 Å². The molecule has 6 heteroatoms. The minimum atomic E-state index is -0.526. The van der Waals surface area contributed by atoms with E-state index in [0.29, 0.717) is 5.69 Å². The Balaban J connectivity index is 2.02. The van der Waals surface area contributed by atoms with E-state index in [4.69, 9.17) is 10.00 Å². The summed E-state index contributed by atoms with van der Waals surface area (Å²) in [6.45, 7) is 1.51. The van der Waals surface area contributed by atoms with Gasteiger partial charge in [-0.05, 0) is 36.8 Å². The number of nitriles is 1. The van der Waals surface area contributed by atoms with Gasteiger partial charge >= 0.3 is 0 Å². The van der Waals surface area contributed by atoms with E-state index in [1.54, 1.807) is 13.2 Å². The minimum Gasteiger partial charge on any atom is -0.385 e. The van der Waals surface area contributed by atoms with Crippen molar-refractivity contribution < 1.29 is 9.66 Å². The number of methoxy groups -OCH3 is 1. The Hall–Kier alpha value is -2.13. The van der Waals surface area contributed by atoms with Crippen molar-refractivity contribution in [3.63, 3.8) is 0 Å². The summed E-state index contributed by atoms with van der Waals surface area (Å²) >= 11 is 0. The van der Waals surface area contributed by atoms with Crippen molar-refractivity contribution in [3.8, 4) is 6.07 Å². The van der Waals surface area contributed by atoms with Gasteiger partial charge in [0.15, 0.2) is 0 Å². The average molecular weight is 275 g/mol. The van der Waals surface area contributed by atoms with Gasteiger partial charge in [-0.15, -0.1) is 0 Å². The molecule has 0 amide bonds. The van der Waals surface area contributed by atoms with Crippen LogP contribution in [0.25, 0.3) is 0 Å². The molecule has 0 atom stereocenters. The molecule has 0 aliphatic heterocycles. The maximum atomic E-state index is 10.9. The number of hydrogen-bond acceptors (Lipinski definition) is 5. The van der Waals surface area contributed by atoms with Crippen LogP contribution >= 0.6 is 0 Å². The number of nitrogens with zero attached hydrogens (tertiary/aromatic N) is 2. The van der Waals surface area contributed by atoms with Crippen LogP contribution in [0.4, 0.5) is 11.4 Å². The quantitative estimate of drug-likeness (QED) is 0.610. The first kappa shape index (κ1) is 14.3. The number of hydrogen-bond donors (Lipinski definition) is 1. The van der Waals surface area contributed by atoms with Crippen molar-refractivity contribution in [1.82, 2.24) is 0 Å². The summed E-state index contributed by atoms with van der Waals surface area (Å²) in [5.41, 5.74) is 0.873. The molecule has 20 heavy (non-hydrogen) atoms. The molecule has 0 unspecified atom stereocenters. The number of nitro groups is 1.